The van der Waals surface area contributed by atoms with E-state index >= 15 is 0 Å². The van der Waals surface area contributed by atoms with E-state index in [2.05, 4.69) is 5.32 Å². The van der Waals surface area contributed by atoms with Gasteiger partial charge >= 0.3 is 5.97 Å². The molecule has 0 aromatic carbocycles. The SMILES string of the molecule is [B]CCCCC(N)(C[C@H]1CCCN1)C(=O)O. The van der Waals surface area contributed by atoms with Crippen molar-refractivity contribution in [2.75, 3.05) is 6.54 Å². The Morgan fingerprint density at radius 3 is 2.81 bits per heavy atom. The van der Waals surface area contributed by atoms with Crippen LogP contribution in [0.2, 0.25) is 6.32 Å². The van der Waals surface area contributed by atoms with E-state index in [4.69, 9.17) is 13.6 Å². The number of aliphatic carboxylic acids is 1. The molecule has 0 bridgehead atoms. The molecule has 0 amide bonds. The summed E-state index contributed by atoms with van der Waals surface area (Å²) >= 11 is 0. The normalized spacial score (nSPS) is 24.2. The third-order valence-electron chi connectivity index (χ3n) is 3.28. The Labute approximate surface area is 98.4 Å². The second-order valence-electron chi connectivity index (χ2n) is 4.70. The monoisotopic (exact) mass is 224 g/mol. The van der Waals surface area contributed by atoms with Gasteiger partial charge in [0.1, 0.15) is 5.54 Å². The summed E-state index contributed by atoms with van der Waals surface area (Å²) in [5.74, 6) is -0.891. The summed E-state index contributed by atoms with van der Waals surface area (Å²) in [5, 5.41) is 12.5. The van der Waals surface area contributed by atoms with Gasteiger partial charge in [0, 0.05) is 6.04 Å². The van der Waals surface area contributed by atoms with Crippen molar-refractivity contribution >= 4 is 13.8 Å². The average molecular weight is 224 g/mol. The fourth-order valence-electron chi connectivity index (χ4n) is 2.25. The van der Waals surface area contributed by atoms with Crippen LogP contribution in [0.3, 0.4) is 0 Å². The van der Waals surface area contributed by atoms with Crippen LogP contribution in [0.1, 0.15) is 38.5 Å². The summed E-state index contributed by atoms with van der Waals surface area (Å²) in [7, 11) is 5.40. The number of hydrogen-bond donors (Lipinski definition) is 3. The van der Waals surface area contributed by atoms with Crippen LogP contribution in [0.4, 0.5) is 0 Å². The molecule has 0 aromatic heterocycles. The van der Waals surface area contributed by atoms with Crippen molar-refractivity contribution in [3.05, 3.63) is 0 Å². The highest BCUT2D eigenvalue weighted by Crippen LogP contribution is 2.22. The molecule has 1 aliphatic heterocycles. The molecule has 0 saturated carbocycles. The van der Waals surface area contributed by atoms with Crippen LogP contribution in [0.5, 0.6) is 0 Å². The van der Waals surface area contributed by atoms with Gasteiger partial charge in [0.2, 0.25) is 0 Å². The molecule has 1 rings (SSSR count). The van der Waals surface area contributed by atoms with Crippen molar-refractivity contribution in [2.45, 2.75) is 56.4 Å². The molecule has 1 heterocycles. The Hall–Kier alpha value is -0.545. The molecule has 5 heteroatoms. The average Bonchev–Trinajstić information content (AvgIpc) is 2.70. The second kappa shape index (κ2) is 6.25. The molecule has 1 fully saturated rings. The third-order valence-corrected chi connectivity index (χ3v) is 3.28. The van der Waals surface area contributed by atoms with E-state index in [-0.39, 0.29) is 6.04 Å². The Morgan fingerprint density at radius 2 is 2.31 bits per heavy atom. The second-order valence-corrected chi connectivity index (χ2v) is 4.70. The van der Waals surface area contributed by atoms with Gasteiger partial charge in [-0.05, 0) is 32.2 Å². The quantitative estimate of drug-likeness (QED) is 0.438. The maximum Gasteiger partial charge on any atom is 0.323 e. The highest BCUT2D eigenvalue weighted by Gasteiger charge is 2.36. The van der Waals surface area contributed by atoms with Gasteiger partial charge in [-0.3, -0.25) is 4.79 Å². The summed E-state index contributed by atoms with van der Waals surface area (Å²) < 4.78 is 0. The molecule has 0 aliphatic carbocycles. The first kappa shape index (κ1) is 13.5. The zero-order chi connectivity index (χ0) is 12.0. The molecule has 0 aromatic rings. The maximum absolute atomic E-state index is 11.2. The number of carbonyl (C=O) groups is 1. The number of carboxylic acid groups (broad SMARTS) is 1. The lowest BCUT2D eigenvalue weighted by Crippen LogP contribution is -2.51. The van der Waals surface area contributed by atoms with Crippen molar-refractivity contribution in [1.29, 1.82) is 0 Å². The zero-order valence-electron chi connectivity index (χ0n) is 9.74. The standard InChI is InChI=1S/C11H21BN2O2/c12-6-2-1-5-11(13,10(15)16)8-9-4-3-7-14-9/h9,14H,1-8,13H2,(H,15,16)/t9-,11?/m1/s1. The number of rotatable bonds is 7. The highest BCUT2D eigenvalue weighted by molar-refractivity contribution is 6.08. The number of unbranched alkanes of at least 4 members (excludes halogenated alkanes) is 1. The summed E-state index contributed by atoms with van der Waals surface area (Å²) in [6.45, 7) is 0.975. The van der Waals surface area contributed by atoms with Gasteiger partial charge in [0.25, 0.3) is 0 Å². The van der Waals surface area contributed by atoms with E-state index in [1.165, 1.54) is 0 Å². The zero-order valence-corrected chi connectivity index (χ0v) is 9.74. The maximum atomic E-state index is 11.2. The predicted octanol–water partition coefficient (Wildman–Crippen LogP) is 0.668. The molecular weight excluding hydrogens is 203 g/mol. The van der Waals surface area contributed by atoms with E-state index < -0.39 is 11.5 Å². The van der Waals surface area contributed by atoms with Gasteiger partial charge in [-0.25, -0.2) is 0 Å². The molecule has 4 N–H and O–H groups in total. The lowest BCUT2D eigenvalue weighted by atomic mass is 9.85. The van der Waals surface area contributed by atoms with Crippen molar-refractivity contribution in [2.24, 2.45) is 5.73 Å². The van der Waals surface area contributed by atoms with Crippen molar-refractivity contribution in [1.82, 2.24) is 5.32 Å². The van der Waals surface area contributed by atoms with Gasteiger partial charge < -0.3 is 16.2 Å². The number of nitrogens with two attached hydrogens (primary N) is 1. The van der Waals surface area contributed by atoms with Crippen LogP contribution < -0.4 is 11.1 Å². The molecule has 4 nitrogen and oxygen atoms in total. The molecular formula is C11H21BN2O2. The minimum atomic E-state index is -1.09. The molecule has 2 radical (unpaired) electrons. The first-order chi connectivity index (χ1) is 7.58. The molecule has 2 atom stereocenters. The minimum absolute atomic E-state index is 0.263. The first-order valence-electron chi connectivity index (χ1n) is 6.04. The van der Waals surface area contributed by atoms with E-state index in [0.29, 0.717) is 19.2 Å². The summed E-state index contributed by atoms with van der Waals surface area (Å²) in [6.07, 6.45) is 5.39. The van der Waals surface area contributed by atoms with E-state index in [0.717, 1.165) is 32.2 Å². The van der Waals surface area contributed by atoms with Crippen molar-refractivity contribution < 1.29 is 9.90 Å². The lowest BCUT2D eigenvalue weighted by Gasteiger charge is -2.27. The molecule has 0 spiro atoms. The van der Waals surface area contributed by atoms with Gasteiger partial charge in [0.05, 0.1) is 7.85 Å². The Bertz CT molecular complexity index is 232. The van der Waals surface area contributed by atoms with Gasteiger partial charge in [0.15, 0.2) is 0 Å². The topological polar surface area (TPSA) is 75.3 Å². The summed E-state index contributed by atoms with van der Waals surface area (Å²) in [4.78, 5) is 11.2. The molecule has 1 aliphatic rings. The summed E-state index contributed by atoms with van der Waals surface area (Å²) in [6, 6.07) is 0.263. The molecule has 90 valence electrons. The Kier molecular flexibility index (Phi) is 5.28. The highest BCUT2D eigenvalue weighted by atomic mass is 16.4. The summed E-state index contributed by atoms with van der Waals surface area (Å²) in [5.41, 5.74) is 4.89. The molecule has 1 unspecified atom stereocenters. The van der Waals surface area contributed by atoms with Crippen LogP contribution in [0.25, 0.3) is 0 Å². The lowest BCUT2D eigenvalue weighted by molar-refractivity contribution is -0.144. The number of carboxylic acids is 1. The van der Waals surface area contributed by atoms with Crippen LogP contribution in [0, 0.1) is 0 Å². The van der Waals surface area contributed by atoms with Crippen LogP contribution in [-0.4, -0.2) is 37.0 Å². The predicted molar refractivity (Wildman–Crippen MR) is 64.6 cm³/mol. The van der Waals surface area contributed by atoms with Crippen molar-refractivity contribution in [3.63, 3.8) is 0 Å². The van der Waals surface area contributed by atoms with Crippen molar-refractivity contribution in [3.8, 4) is 0 Å². The van der Waals surface area contributed by atoms with Crippen LogP contribution in [-0.2, 0) is 4.79 Å². The van der Waals surface area contributed by atoms with E-state index in [9.17, 15) is 9.90 Å². The fourth-order valence-corrected chi connectivity index (χ4v) is 2.25. The number of nitrogens with one attached hydrogen (secondary N) is 1. The van der Waals surface area contributed by atoms with Gasteiger partial charge in [-0.2, -0.15) is 0 Å². The minimum Gasteiger partial charge on any atom is -0.480 e. The number of hydrogen-bond acceptors (Lipinski definition) is 3. The Morgan fingerprint density at radius 1 is 1.56 bits per heavy atom. The third kappa shape index (κ3) is 3.79. The molecule has 16 heavy (non-hydrogen) atoms. The van der Waals surface area contributed by atoms with Gasteiger partial charge in [-0.15, -0.1) is 0 Å². The van der Waals surface area contributed by atoms with E-state index in [1.54, 1.807) is 0 Å². The largest absolute Gasteiger partial charge is 0.480 e. The van der Waals surface area contributed by atoms with Crippen LogP contribution in [0.15, 0.2) is 0 Å². The smallest absolute Gasteiger partial charge is 0.323 e. The molecule has 1 saturated heterocycles. The Balaban J connectivity index is 2.46. The van der Waals surface area contributed by atoms with Gasteiger partial charge in [-0.1, -0.05) is 19.2 Å². The van der Waals surface area contributed by atoms with Crippen LogP contribution >= 0.6 is 0 Å². The van der Waals surface area contributed by atoms with E-state index in [1.807, 2.05) is 0 Å². The first-order valence-corrected chi connectivity index (χ1v) is 6.04. The fraction of sp³-hybridized carbons (Fsp3) is 0.909.